The molecule has 0 aliphatic heterocycles. The van der Waals surface area contributed by atoms with Crippen molar-refractivity contribution in [3.63, 3.8) is 0 Å². The number of carboxylic acids is 1. The zero-order valence-corrected chi connectivity index (χ0v) is 6.06. The van der Waals surface area contributed by atoms with Gasteiger partial charge in [-0.2, -0.15) is 5.10 Å². The van der Waals surface area contributed by atoms with E-state index in [4.69, 9.17) is 5.11 Å². The molecule has 0 fully saturated rings. The molecule has 1 aromatic rings. The number of carbonyl (C=O) groups is 1. The predicted molar refractivity (Wildman–Crippen MR) is 39.9 cm³/mol. The summed E-state index contributed by atoms with van der Waals surface area (Å²) in [7, 11) is 1.78. The van der Waals surface area contributed by atoms with Crippen molar-refractivity contribution in [3.05, 3.63) is 24.0 Å². The minimum Gasteiger partial charge on any atom is -0.478 e. The van der Waals surface area contributed by atoms with E-state index in [-0.39, 0.29) is 0 Å². The van der Waals surface area contributed by atoms with Crippen molar-refractivity contribution in [1.29, 1.82) is 0 Å². The Morgan fingerprint density at radius 1 is 1.82 bits per heavy atom. The lowest BCUT2D eigenvalue weighted by atomic mass is 10.4. The van der Waals surface area contributed by atoms with Gasteiger partial charge in [-0.05, 0) is 12.1 Å². The summed E-state index contributed by atoms with van der Waals surface area (Å²) in [4.78, 5) is 10.1. The van der Waals surface area contributed by atoms with Gasteiger partial charge in [0.25, 0.3) is 0 Å². The molecule has 0 spiro atoms. The zero-order valence-electron chi connectivity index (χ0n) is 6.06. The van der Waals surface area contributed by atoms with E-state index in [0.717, 1.165) is 6.08 Å². The quantitative estimate of drug-likeness (QED) is 0.628. The first-order valence-corrected chi connectivity index (χ1v) is 3.09. The minimum absolute atomic E-state index is 0.648. The van der Waals surface area contributed by atoms with Crippen LogP contribution in [0.3, 0.4) is 0 Å². The molecule has 0 bridgehead atoms. The van der Waals surface area contributed by atoms with Gasteiger partial charge in [-0.25, -0.2) is 4.79 Å². The third kappa shape index (κ3) is 2.25. The number of aromatic nitrogens is 2. The zero-order chi connectivity index (χ0) is 8.27. The fraction of sp³-hybridized carbons (Fsp3) is 0.143. The summed E-state index contributed by atoms with van der Waals surface area (Å²) in [5.74, 6) is -0.962. The van der Waals surface area contributed by atoms with Crippen molar-refractivity contribution in [2.75, 3.05) is 0 Å². The van der Waals surface area contributed by atoms with Crippen LogP contribution in [0.2, 0.25) is 0 Å². The highest BCUT2D eigenvalue weighted by molar-refractivity contribution is 5.84. The summed E-state index contributed by atoms with van der Waals surface area (Å²) in [6.07, 6.45) is 4.26. The molecule has 0 saturated carbocycles. The number of aliphatic carboxylic acids is 1. The lowest BCUT2D eigenvalue weighted by molar-refractivity contribution is -0.131. The van der Waals surface area contributed by atoms with Gasteiger partial charge in [0.05, 0.1) is 5.69 Å². The maximum atomic E-state index is 10.1. The molecule has 1 aromatic heterocycles. The number of carboxylic acid groups (broad SMARTS) is 1. The van der Waals surface area contributed by atoms with Crippen LogP contribution in [0.4, 0.5) is 0 Å². The summed E-state index contributed by atoms with van der Waals surface area (Å²) >= 11 is 0. The van der Waals surface area contributed by atoms with Gasteiger partial charge < -0.3 is 5.11 Å². The SMILES string of the molecule is Cn1ccc(/C=C/C(=O)O)n1. The van der Waals surface area contributed by atoms with Crippen LogP contribution >= 0.6 is 0 Å². The molecule has 1 N–H and O–H groups in total. The van der Waals surface area contributed by atoms with Crippen LogP contribution in [-0.2, 0) is 11.8 Å². The maximum Gasteiger partial charge on any atom is 0.328 e. The monoisotopic (exact) mass is 152 g/mol. The number of hydrogen-bond acceptors (Lipinski definition) is 2. The Labute approximate surface area is 63.8 Å². The molecule has 4 nitrogen and oxygen atoms in total. The molecular weight excluding hydrogens is 144 g/mol. The molecule has 0 aromatic carbocycles. The molecule has 4 heteroatoms. The van der Waals surface area contributed by atoms with Crippen LogP contribution in [0, 0.1) is 0 Å². The Morgan fingerprint density at radius 2 is 2.55 bits per heavy atom. The average Bonchev–Trinajstić information content (AvgIpc) is 2.31. The Morgan fingerprint density at radius 3 is 3.00 bits per heavy atom. The summed E-state index contributed by atoms with van der Waals surface area (Å²) in [5, 5.41) is 12.2. The molecule has 0 aliphatic rings. The van der Waals surface area contributed by atoms with Gasteiger partial charge in [-0.1, -0.05) is 0 Å². The van der Waals surface area contributed by atoms with Crippen LogP contribution < -0.4 is 0 Å². The molecule has 1 heterocycles. The second-order valence-electron chi connectivity index (χ2n) is 2.09. The topological polar surface area (TPSA) is 55.1 Å². The molecule has 0 saturated heterocycles. The minimum atomic E-state index is -0.962. The van der Waals surface area contributed by atoms with Gasteiger partial charge >= 0.3 is 5.97 Å². The predicted octanol–water partition coefficient (Wildman–Crippen LogP) is 0.518. The molecule has 1 rings (SSSR count). The fourth-order valence-electron chi connectivity index (χ4n) is 0.679. The van der Waals surface area contributed by atoms with E-state index in [1.807, 2.05) is 0 Å². The van der Waals surface area contributed by atoms with Crippen LogP contribution in [0.15, 0.2) is 18.3 Å². The van der Waals surface area contributed by atoms with Gasteiger partial charge in [0, 0.05) is 19.3 Å². The van der Waals surface area contributed by atoms with Gasteiger partial charge in [0.1, 0.15) is 0 Å². The second kappa shape index (κ2) is 3.01. The average molecular weight is 152 g/mol. The Hall–Kier alpha value is -1.58. The first-order chi connectivity index (χ1) is 5.18. The van der Waals surface area contributed by atoms with E-state index in [9.17, 15) is 4.79 Å². The molecule has 0 aliphatic carbocycles. The molecule has 11 heavy (non-hydrogen) atoms. The van der Waals surface area contributed by atoms with E-state index in [2.05, 4.69) is 5.10 Å². The summed E-state index contributed by atoms with van der Waals surface area (Å²) in [6.45, 7) is 0. The third-order valence-electron chi connectivity index (χ3n) is 1.13. The molecule has 58 valence electrons. The normalized spacial score (nSPS) is 10.6. The fourth-order valence-corrected chi connectivity index (χ4v) is 0.679. The summed E-state index contributed by atoms with van der Waals surface area (Å²) in [5.41, 5.74) is 0.648. The third-order valence-corrected chi connectivity index (χ3v) is 1.13. The number of aryl methyl sites for hydroxylation is 1. The highest BCUT2D eigenvalue weighted by Crippen LogP contribution is 1.95. The maximum absolute atomic E-state index is 10.1. The van der Waals surface area contributed by atoms with Gasteiger partial charge in [-0.15, -0.1) is 0 Å². The number of nitrogens with zero attached hydrogens (tertiary/aromatic N) is 2. The van der Waals surface area contributed by atoms with Gasteiger partial charge in [-0.3, -0.25) is 4.68 Å². The first-order valence-electron chi connectivity index (χ1n) is 3.09. The van der Waals surface area contributed by atoms with E-state index < -0.39 is 5.97 Å². The van der Waals surface area contributed by atoms with Crippen molar-refractivity contribution in [1.82, 2.24) is 9.78 Å². The highest BCUT2D eigenvalue weighted by atomic mass is 16.4. The Bertz CT molecular complexity index is 288. The summed E-state index contributed by atoms with van der Waals surface area (Å²) < 4.78 is 1.61. The van der Waals surface area contributed by atoms with Gasteiger partial charge in [0.15, 0.2) is 0 Å². The second-order valence-corrected chi connectivity index (χ2v) is 2.09. The Balaban J connectivity index is 2.71. The van der Waals surface area contributed by atoms with Crippen molar-refractivity contribution in [3.8, 4) is 0 Å². The van der Waals surface area contributed by atoms with E-state index >= 15 is 0 Å². The summed E-state index contributed by atoms with van der Waals surface area (Å²) in [6, 6.07) is 1.74. The molecule has 0 radical (unpaired) electrons. The number of rotatable bonds is 2. The van der Waals surface area contributed by atoms with Crippen LogP contribution in [0.1, 0.15) is 5.69 Å². The largest absolute Gasteiger partial charge is 0.478 e. The molecule has 0 amide bonds. The lowest BCUT2D eigenvalue weighted by Crippen LogP contribution is -1.88. The van der Waals surface area contributed by atoms with Crippen molar-refractivity contribution >= 4 is 12.0 Å². The van der Waals surface area contributed by atoms with Crippen molar-refractivity contribution in [2.24, 2.45) is 7.05 Å². The van der Waals surface area contributed by atoms with E-state index in [1.54, 1.807) is 24.0 Å². The van der Waals surface area contributed by atoms with Crippen LogP contribution in [0.5, 0.6) is 0 Å². The van der Waals surface area contributed by atoms with Crippen LogP contribution in [0.25, 0.3) is 6.08 Å². The first kappa shape index (κ1) is 7.53. The van der Waals surface area contributed by atoms with E-state index in [0.29, 0.717) is 5.69 Å². The van der Waals surface area contributed by atoms with Gasteiger partial charge in [0.2, 0.25) is 0 Å². The molecule has 0 unspecified atom stereocenters. The van der Waals surface area contributed by atoms with Crippen LogP contribution in [-0.4, -0.2) is 20.9 Å². The van der Waals surface area contributed by atoms with E-state index in [1.165, 1.54) is 6.08 Å². The molecular formula is C7H8N2O2. The highest BCUT2D eigenvalue weighted by Gasteiger charge is 1.91. The molecule has 0 atom stereocenters. The van der Waals surface area contributed by atoms with Crippen molar-refractivity contribution in [2.45, 2.75) is 0 Å². The Kier molecular flexibility index (Phi) is 2.06. The lowest BCUT2D eigenvalue weighted by Gasteiger charge is -1.82. The van der Waals surface area contributed by atoms with Crippen molar-refractivity contribution < 1.29 is 9.90 Å². The number of hydrogen-bond donors (Lipinski definition) is 1. The smallest absolute Gasteiger partial charge is 0.328 e. The standard InChI is InChI=1S/C7H8N2O2/c1-9-5-4-6(8-9)2-3-7(10)11/h2-5H,1H3,(H,10,11)/b3-2+.